The van der Waals surface area contributed by atoms with Crippen LogP contribution in [0.5, 0.6) is 5.75 Å². The van der Waals surface area contributed by atoms with Crippen LogP contribution in [-0.2, 0) is 19.6 Å². The summed E-state index contributed by atoms with van der Waals surface area (Å²) in [5.41, 5.74) is 0.565. The highest BCUT2D eigenvalue weighted by Gasteiger charge is 2.24. The minimum atomic E-state index is -3.68. The van der Waals surface area contributed by atoms with Crippen molar-refractivity contribution in [1.82, 2.24) is 0 Å². The van der Waals surface area contributed by atoms with Crippen LogP contribution in [0.3, 0.4) is 0 Å². The molecule has 1 heterocycles. The molecule has 0 atom stereocenters. The zero-order chi connectivity index (χ0) is 17.9. The second-order valence-electron chi connectivity index (χ2n) is 5.21. The van der Waals surface area contributed by atoms with Gasteiger partial charge in [0.25, 0.3) is 0 Å². The Morgan fingerprint density at radius 3 is 2.60 bits per heavy atom. The van der Waals surface area contributed by atoms with Gasteiger partial charge in [-0.1, -0.05) is 36.0 Å². The third-order valence-corrected chi connectivity index (χ3v) is 5.84. The molecule has 1 aliphatic rings. The lowest BCUT2D eigenvalue weighted by atomic mass is 10.2. The molecule has 2 aromatic rings. The van der Waals surface area contributed by atoms with Gasteiger partial charge in [-0.2, -0.15) is 8.42 Å². The Bertz CT molecular complexity index is 848. The molecule has 0 radical (unpaired) electrons. The highest BCUT2D eigenvalue weighted by atomic mass is 32.2. The summed E-state index contributed by atoms with van der Waals surface area (Å²) >= 11 is 1.08. The van der Waals surface area contributed by atoms with Gasteiger partial charge in [-0.05, 0) is 25.1 Å². The number of ether oxygens (including phenoxy) is 2. The van der Waals surface area contributed by atoms with Gasteiger partial charge >= 0.3 is 10.1 Å². The fraction of sp³-hybridized carbons (Fsp3) is 0.294. The van der Waals surface area contributed by atoms with Gasteiger partial charge in [-0.25, -0.2) is 4.39 Å². The minimum absolute atomic E-state index is 0.152. The summed E-state index contributed by atoms with van der Waals surface area (Å²) in [5.74, 6) is -0.424. The summed E-state index contributed by atoms with van der Waals surface area (Å²) < 4.78 is 54.0. The monoisotopic (exact) mass is 384 g/mol. The number of rotatable bonds is 6. The predicted octanol–water partition coefficient (Wildman–Crippen LogP) is 3.75. The first kappa shape index (κ1) is 18.2. The summed E-state index contributed by atoms with van der Waals surface area (Å²) in [5, 5.41) is 0. The van der Waals surface area contributed by atoms with Gasteiger partial charge in [-0.3, -0.25) is 0 Å². The van der Waals surface area contributed by atoms with Crippen molar-refractivity contribution in [3.63, 3.8) is 0 Å². The first-order valence-corrected chi connectivity index (χ1v) is 10.1. The lowest BCUT2D eigenvalue weighted by Gasteiger charge is -2.16. The van der Waals surface area contributed by atoms with Crippen LogP contribution in [0.25, 0.3) is 0 Å². The number of benzene rings is 2. The second kappa shape index (κ2) is 7.74. The molecule has 2 aromatic carbocycles. The molecule has 1 saturated heterocycles. The molecule has 0 spiro atoms. The third-order valence-electron chi connectivity index (χ3n) is 3.50. The van der Waals surface area contributed by atoms with Crippen LogP contribution < -0.4 is 4.18 Å². The smallest absolute Gasteiger partial charge is 0.308 e. The summed E-state index contributed by atoms with van der Waals surface area (Å²) in [6, 6.07) is 11.3. The van der Waals surface area contributed by atoms with Crippen LogP contribution in [0.1, 0.15) is 18.8 Å². The summed E-state index contributed by atoms with van der Waals surface area (Å²) in [7, 11) is -3.68. The first-order chi connectivity index (χ1) is 12.0. The largest absolute Gasteiger partial charge is 0.381 e. The third kappa shape index (κ3) is 4.33. The van der Waals surface area contributed by atoms with Crippen LogP contribution in [-0.4, -0.2) is 27.4 Å². The summed E-state index contributed by atoms with van der Waals surface area (Å²) in [4.78, 5) is 0.809. The number of hydrogen-bond donors (Lipinski definition) is 0. The molecule has 0 amide bonds. The topological polar surface area (TPSA) is 61.8 Å². The van der Waals surface area contributed by atoms with E-state index in [4.69, 9.17) is 13.7 Å². The zero-order valence-electron chi connectivity index (χ0n) is 13.5. The average molecular weight is 384 g/mol. The molecule has 0 aromatic heterocycles. The van der Waals surface area contributed by atoms with Crippen molar-refractivity contribution in [3.8, 4) is 5.75 Å². The molecule has 1 aliphatic heterocycles. The molecule has 0 unspecified atom stereocenters. The highest BCUT2D eigenvalue weighted by molar-refractivity contribution is 7.99. The highest BCUT2D eigenvalue weighted by Crippen LogP contribution is 2.41. The Kier molecular flexibility index (Phi) is 5.63. The number of para-hydroxylation sites is 1. The molecule has 0 N–H and O–H groups in total. The molecule has 0 aliphatic carbocycles. The van der Waals surface area contributed by atoms with Crippen LogP contribution >= 0.6 is 11.8 Å². The first-order valence-electron chi connectivity index (χ1n) is 7.71. The molecular formula is C17H17FO5S2. The van der Waals surface area contributed by atoms with Gasteiger partial charge in [0.15, 0.2) is 12.0 Å². The van der Waals surface area contributed by atoms with E-state index in [0.717, 1.165) is 11.8 Å². The van der Waals surface area contributed by atoms with Crippen LogP contribution in [0.15, 0.2) is 52.3 Å². The maximum absolute atomic E-state index is 14.4. The fourth-order valence-electron chi connectivity index (χ4n) is 2.27. The van der Waals surface area contributed by atoms with E-state index in [0.29, 0.717) is 28.6 Å². The Balaban J connectivity index is 1.96. The molecule has 5 nitrogen and oxygen atoms in total. The Labute approximate surface area is 150 Å². The molecule has 134 valence electrons. The van der Waals surface area contributed by atoms with Crippen LogP contribution in [0.2, 0.25) is 0 Å². The number of halogens is 1. The summed E-state index contributed by atoms with van der Waals surface area (Å²) in [6.07, 6.45) is -0.634. The fourth-order valence-corrected chi connectivity index (χ4v) is 3.88. The van der Waals surface area contributed by atoms with E-state index in [1.807, 2.05) is 0 Å². The van der Waals surface area contributed by atoms with Crippen molar-refractivity contribution in [2.24, 2.45) is 0 Å². The lowest BCUT2D eigenvalue weighted by Crippen LogP contribution is -2.11. The SMILES string of the molecule is CCS(=O)(=O)Oc1ccccc1Sc1c(F)cccc1C1OCCO1. The minimum Gasteiger partial charge on any atom is -0.381 e. The van der Waals surface area contributed by atoms with E-state index in [2.05, 4.69) is 0 Å². The quantitative estimate of drug-likeness (QED) is 0.707. The molecule has 0 saturated carbocycles. The van der Waals surface area contributed by atoms with Gasteiger partial charge < -0.3 is 13.7 Å². The Hall–Kier alpha value is -1.61. The normalized spacial score (nSPS) is 15.4. The van der Waals surface area contributed by atoms with E-state index < -0.39 is 22.2 Å². The Morgan fingerprint density at radius 2 is 1.88 bits per heavy atom. The molecular weight excluding hydrogens is 367 g/mol. The second-order valence-corrected chi connectivity index (χ2v) is 8.12. The van der Waals surface area contributed by atoms with E-state index in [9.17, 15) is 12.8 Å². The standard InChI is InChI=1S/C17H17FO5S2/c1-2-25(19,20)23-14-8-3-4-9-15(14)24-16-12(6-5-7-13(16)18)17-21-10-11-22-17/h3-9,17H,2,10-11H2,1H3. The van der Waals surface area contributed by atoms with Gasteiger partial charge in [0.05, 0.1) is 28.8 Å². The van der Waals surface area contributed by atoms with Crippen LogP contribution in [0, 0.1) is 5.82 Å². The van der Waals surface area contributed by atoms with Crippen LogP contribution in [0.4, 0.5) is 4.39 Å². The maximum atomic E-state index is 14.4. The van der Waals surface area contributed by atoms with Crippen molar-refractivity contribution in [2.45, 2.75) is 23.0 Å². The molecule has 0 bridgehead atoms. The van der Waals surface area contributed by atoms with Gasteiger partial charge in [0.1, 0.15) is 5.82 Å². The molecule has 25 heavy (non-hydrogen) atoms. The van der Waals surface area contributed by atoms with E-state index in [1.54, 1.807) is 36.4 Å². The maximum Gasteiger partial charge on any atom is 0.308 e. The lowest BCUT2D eigenvalue weighted by molar-refractivity contribution is -0.0463. The van der Waals surface area contributed by atoms with Crippen molar-refractivity contribution in [3.05, 3.63) is 53.8 Å². The Morgan fingerprint density at radius 1 is 1.16 bits per heavy atom. The van der Waals surface area contributed by atoms with Gasteiger partial charge in [0, 0.05) is 5.56 Å². The average Bonchev–Trinajstić information content (AvgIpc) is 3.12. The van der Waals surface area contributed by atoms with E-state index in [-0.39, 0.29) is 11.5 Å². The molecule has 8 heteroatoms. The zero-order valence-corrected chi connectivity index (χ0v) is 15.1. The van der Waals surface area contributed by atoms with Crippen molar-refractivity contribution >= 4 is 21.9 Å². The van der Waals surface area contributed by atoms with Crippen molar-refractivity contribution < 1.29 is 26.5 Å². The summed E-state index contributed by atoms with van der Waals surface area (Å²) in [6.45, 7) is 2.38. The van der Waals surface area contributed by atoms with Gasteiger partial charge in [-0.15, -0.1) is 0 Å². The predicted molar refractivity (Wildman–Crippen MR) is 91.7 cm³/mol. The van der Waals surface area contributed by atoms with Gasteiger partial charge in [0.2, 0.25) is 0 Å². The molecule has 3 rings (SSSR count). The van der Waals surface area contributed by atoms with E-state index >= 15 is 0 Å². The van der Waals surface area contributed by atoms with E-state index in [1.165, 1.54) is 13.0 Å². The van der Waals surface area contributed by atoms with Crippen molar-refractivity contribution in [2.75, 3.05) is 19.0 Å². The van der Waals surface area contributed by atoms with Crippen molar-refractivity contribution in [1.29, 1.82) is 0 Å². The number of hydrogen-bond acceptors (Lipinski definition) is 6. The molecule has 1 fully saturated rings.